The summed E-state index contributed by atoms with van der Waals surface area (Å²) in [5.41, 5.74) is 3.16. The smallest absolute Gasteiger partial charge is 0.277 e. The van der Waals surface area contributed by atoms with Gasteiger partial charge in [0.2, 0.25) is 0 Å². The Morgan fingerprint density at radius 2 is 1.76 bits per heavy atom. The van der Waals surface area contributed by atoms with Crippen molar-refractivity contribution >= 4 is 12.1 Å². The van der Waals surface area contributed by atoms with Gasteiger partial charge >= 0.3 is 0 Å². The number of hydrogen-bond donors (Lipinski definition) is 1. The summed E-state index contributed by atoms with van der Waals surface area (Å²) in [4.78, 5) is 11.8. The number of amides is 1. The van der Waals surface area contributed by atoms with Gasteiger partial charge in [-0.05, 0) is 24.3 Å². The zero-order valence-electron chi connectivity index (χ0n) is 14.0. The van der Waals surface area contributed by atoms with Crippen LogP contribution in [0.15, 0.2) is 66.3 Å². The molecule has 0 aliphatic rings. The molecule has 0 saturated carbocycles. The Bertz CT molecular complexity index is 744. The molecule has 0 bridgehead atoms. The highest BCUT2D eigenvalue weighted by Crippen LogP contribution is 2.25. The molecule has 0 spiro atoms. The van der Waals surface area contributed by atoms with E-state index in [4.69, 9.17) is 14.2 Å². The van der Waals surface area contributed by atoms with Crippen molar-refractivity contribution in [2.75, 3.05) is 20.3 Å². The van der Waals surface area contributed by atoms with E-state index >= 15 is 0 Å². The van der Waals surface area contributed by atoms with E-state index in [9.17, 15) is 4.79 Å². The second-order valence-corrected chi connectivity index (χ2v) is 4.87. The van der Waals surface area contributed by atoms with Gasteiger partial charge in [0, 0.05) is 5.56 Å². The maximum Gasteiger partial charge on any atom is 0.277 e. The molecule has 0 fully saturated rings. The molecule has 6 heteroatoms. The highest BCUT2D eigenvalue weighted by Gasteiger charge is 2.06. The second kappa shape index (κ2) is 9.77. The van der Waals surface area contributed by atoms with Crippen LogP contribution in [0, 0.1) is 0 Å². The Balaban J connectivity index is 1.87. The number of carbonyl (C=O) groups is 1. The van der Waals surface area contributed by atoms with Crippen molar-refractivity contribution in [3.05, 3.63) is 66.7 Å². The number of nitrogens with zero attached hydrogens (tertiary/aromatic N) is 1. The Morgan fingerprint density at radius 1 is 1.08 bits per heavy atom. The number of rotatable bonds is 9. The fraction of sp³-hybridized carbons (Fsp3) is 0.158. The van der Waals surface area contributed by atoms with Gasteiger partial charge in [0.25, 0.3) is 5.91 Å². The minimum Gasteiger partial charge on any atom is -0.493 e. The molecule has 0 radical (unpaired) electrons. The van der Waals surface area contributed by atoms with Crippen molar-refractivity contribution in [3.8, 4) is 17.2 Å². The van der Waals surface area contributed by atoms with Crippen LogP contribution in [0.3, 0.4) is 0 Å². The molecule has 6 nitrogen and oxygen atoms in total. The van der Waals surface area contributed by atoms with Crippen LogP contribution in [0.4, 0.5) is 0 Å². The van der Waals surface area contributed by atoms with Crippen LogP contribution in [0.25, 0.3) is 0 Å². The number of hydrazone groups is 1. The third-order valence-corrected chi connectivity index (χ3v) is 3.10. The first-order valence-electron chi connectivity index (χ1n) is 7.65. The molecule has 0 heterocycles. The molecule has 2 aromatic rings. The van der Waals surface area contributed by atoms with Gasteiger partial charge in [0.1, 0.15) is 12.4 Å². The maximum absolute atomic E-state index is 11.8. The number of nitrogens with one attached hydrogen (secondary N) is 1. The fourth-order valence-electron chi connectivity index (χ4n) is 1.95. The maximum atomic E-state index is 11.8. The average Bonchev–Trinajstić information content (AvgIpc) is 2.65. The molecule has 2 rings (SSSR count). The van der Waals surface area contributed by atoms with E-state index in [1.165, 1.54) is 6.21 Å². The molecular weight excluding hydrogens is 320 g/mol. The van der Waals surface area contributed by atoms with Gasteiger partial charge < -0.3 is 14.2 Å². The first-order chi connectivity index (χ1) is 12.2. The molecule has 0 saturated heterocycles. The van der Waals surface area contributed by atoms with E-state index in [2.05, 4.69) is 17.1 Å². The minimum atomic E-state index is -0.383. The summed E-state index contributed by atoms with van der Waals surface area (Å²) in [7, 11) is 1.54. The Morgan fingerprint density at radius 3 is 2.48 bits per heavy atom. The molecule has 0 aliphatic carbocycles. The van der Waals surface area contributed by atoms with E-state index < -0.39 is 0 Å². The highest BCUT2D eigenvalue weighted by atomic mass is 16.5. The quantitative estimate of drug-likeness (QED) is 0.433. The van der Waals surface area contributed by atoms with Crippen LogP contribution in [-0.2, 0) is 4.79 Å². The summed E-state index contributed by atoms with van der Waals surface area (Å²) in [6.07, 6.45) is 3.17. The van der Waals surface area contributed by atoms with Crippen molar-refractivity contribution in [1.29, 1.82) is 0 Å². The first kappa shape index (κ1) is 18.1. The first-order valence-corrected chi connectivity index (χ1v) is 7.65. The molecule has 25 heavy (non-hydrogen) atoms. The highest BCUT2D eigenvalue weighted by molar-refractivity contribution is 5.85. The largest absolute Gasteiger partial charge is 0.493 e. The predicted molar refractivity (Wildman–Crippen MR) is 96.4 cm³/mol. The van der Waals surface area contributed by atoms with Crippen molar-refractivity contribution < 1.29 is 19.0 Å². The molecule has 0 aromatic heterocycles. The van der Waals surface area contributed by atoms with Gasteiger partial charge in [0.15, 0.2) is 18.1 Å². The number of benzene rings is 2. The summed E-state index contributed by atoms with van der Waals surface area (Å²) in [6, 6.07) is 14.5. The van der Waals surface area contributed by atoms with Gasteiger partial charge in [-0.25, -0.2) is 5.43 Å². The van der Waals surface area contributed by atoms with Crippen LogP contribution < -0.4 is 19.6 Å². The van der Waals surface area contributed by atoms with Crippen molar-refractivity contribution in [3.63, 3.8) is 0 Å². The van der Waals surface area contributed by atoms with Crippen LogP contribution in [0.1, 0.15) is 5.56 Å². The van der Waals surface area contributed by atoms with Gasteiger partial charge in [0.05, 0.1) is 13.3 Å². The van der Waals surface area contributed by atoms with E-state index in [1.54, 1.807) is 31.4 Å². The lowest BCUT2D eigenvalue weighted by Gasteiger charge is -2.09. The predicted octanol–water partition coefficient (Wildman–Crippen LogP) is 2.79. The SMILES string of the molecule is C=CCOc1ccccc1C=NNC(=O)COc1ccccc1OC. The van der Waals surface area contributed by atoms with E-state index in [-0.39, 0.29) is 12.5 Å². The lowest BCUT2D eigenvalue weighted by atomic mass is 10.2. The van der Waals surface area contributed by atoms with E-state index in [1.807, 2.05) is 30.3 Å². The van der Waals surface area contributed by atoms with Gasteiger partial charge in [-0.3, -0.25) is 4.79 Å². The van der Waals surface area contributed by atoms with Gasteiger partial charge in [-0.1, -0.05) is 36.9 Å². The monoisotopic (exact) mass is 340 g/mol. The van der Waals surface area contributed by atoms with Crippen LogP contribution >= 0.6 is 0 Å². The fourth-order valence-corrected chi connectivity index (χ4v) is 1.95. The van der Waals surface area contributed by atoms with E-state index in [0.717, 1.165) is 5.56 Å². The standard InChI is InChI=1S/C19H20N2O4/c1-3-12-24-16-9-5-4-8-15(16)13-20-21-19(22)14-25-18-11-7-6-10-17(18)23-2/h3-11,13H,1,12,14H2,2H3,(H,21,22). The number of ether oxygens (including phenoxy) is 3. The van der Waals surface area contributed by atoms with Crippen molar-refractivity contribution in [1.82, 2.24) is 5.43 Å². The lowest BCUT2D eigenvalue weighted by Crippen LogP contribution is -2.24. The number of methoxy groups -OCH3 is 1. The number of carbonyl (C=O) groups excluding carboxylic acids is 1. The molecule has 2 aromatic carbocycles. The van der Waals surface area contributed by atoms with Crippen LogP contribution in [0.5, 0.6) is 17.2 Å². The summed E-state index contributed by atoms with van der Waals surface area (Å²) in [5.74, 6) is 1.33. The zero-order chi connectivity index (χ0) is 17.9. The Labute approximate surface area is 146 Å². The normalized spacial score (nSPS) is 10.3. The average molecular weight is 340 g/mol. The summed E-state index contributed by atoms with van der Waals surface area (Å²) >= 11 is 0. The van der Waals surface area contributed by atoms with E-state index in [0.29, 0.717) is 23.9 Å². The number of hydrogen-bond acceptors (Lipinski definition) is 5. The summed E-state index contributed by atoms with van der Waals surface area (Å²) in [5, 5.41) is 3.92. The molecule has 0 unspecified atom stereocenters. The van der Waals surface area contributed by atoms with Crippen molar-refractivity contribution in [2.45, 2.75) is 0 Å². The van der Waals surface area contributed by atoms with Crippen LogP contribution in [0.2, 0.25) is 0 Å². The third-order valence-electron chi connectivity index (χ3n) is 3.10. The lowest BCUT2D eigenvalue weighted by molar-refractivity contribution is -0.123. The topological polar surface area (TPSA) is 69.2 Å². The van der Waals surface area contributed by atoms with Crippen LogP contribution in [-0.4, -0.2) is 32.4 Å². The summed E-state index contributed by atoms with van der Waals surface area (Å²) in [6.45, 7) is 3.83. The molecule has 130 valence electrons. The third kappa shape index (κ3) is 5.69. The molecule has 0 atom stereocenters. The molecular formula is C19H20N2O4. The van der Waals surface area contributed by atoms with Crippen molar-refractivity contribution in [2.24, 2.45) is 5.10 Å². The summed E-state index contributed by atoms with van der Waals surface area (Å²) < 4.78 is 16.1. The second-order valence-electron chi connectivity index (χ2n) is 4.87. The Hall–Kier alpha value is -3.28. The van der Waals surface area contributed by atoms with Gasteiger partial charge in [-0.2, -0.15) is 5.10 Å². The minimum absolute atomic E-state index is 0.174. The number of para-hydroxylation sites is 3. The molecule has 0 aliphatic heterocycles. The molecule has 1 amide bonds. The molecule has 1 N–H and O–H groups in total. The zero-order valence-corrected chi connectivity index (χ0v) is 14.0. The van der Waals surface area contributed by atoms with Gasteiger partial charge in [-0.15, -0.1) is 0 Å². The Kier molecular flexibility index (Phi) is 7.06.